The van der Waals surface area contributed by atoms with Crippen LogP contribution in [0.3, 0.4) is 0 Å². The highest BCUT2D eigenvalue weighted by Crippen LogP contribution is 2.27. The van der Waals surface area contributed by atoms with E-state index in [-0.39, 0.29) is 6.03 Å². The van der Waals surface area contributed by atoms with Crippen molar-refractivity contribution in [3.8, 4) is 0 Å². The Hall–Kier alpha value is -0.930. The summed E-state index contributed by atoms with van der Waals surface area (Å²) in [5.74, 6) is 1.07. The quantitative estimate of drug-likeness (QED) is 0.813. The zero-order valence-corrected chi connectivity index (χ0v) is 12.6. The van der Waals surface area contributed by atoms with Gasteiger partial charge in [0.1, 0.15) is 0 Å². The first-order chi connectivity index (χ1) is 8.95. The number of benzene rings is 1. The van der Waals surface area contributed by atoms with Gasteiger partial charge in [0.05, 0.1) is 10.7 Å². The normalized spacial score (nSPS) is 23.3. The average molecular weight is 301 g/mol. The second kappa shape index (κ2) is 6.02. The van der Waals surface area contributed by atoms with Gasteiger partial charge in [0.2, 0.25) is 0 Å². The summed E-state index contributed by atoms with van der Waals surface area (Å²) >= 11 is 11.9. The van der Waals surface area contributed by atoms with Gasteiger partial charge in [-0.2, -0.15) is 0 Å². The fourth-order valence-corrected chi connectivity index (χ4v) is 3.07. The number of urea groups is 1. The molecular formula is C14H18Cl2N2O. The number of piperidine rings is 1. The van der Waals surface area contributed by atoms with E-state index in [2.05, 4.69) is 19.2 Å². The van der Waals surface area contributed by atoms with Crippen molar-refractivity contribution < 1.29 is 4.79 Å². The van der Waals surface area contributed by atoms with Gasteiger partial charge >= 0.3 is 6.03 Å². The molecule has 0 unspecified atom stereocenters. The maximum atomic E-state index is 12.2. The van der Waals surface area contributed by atoms with E-state index in [0.717, 1.165) is 13.1 Å². The number of anilines is 1. The number of carbonyl (C=O) groups excluding carboxylic acids is 1. The Morgan fingerprint density at radius 1 is 1.26 bits per heavy atom. The lowest BCUT2D eigenvalue weighted by atomic mass is 9.92. The first-order valence-electron chi connectivity index (χ1n) is 6.46. The summed E-state index contributed by atoms with van der Waals surface area (Å²) in [6, 6.07) is 4.96. The summed E-state index contributed by atoms with van der Waals surface area (Å²) in [6.45, 7) is 5.93. The van der Waals surface area contributed by atoms with Crippen LogP contribution < -0.4 is 5.32 Å². The van der Waals surface area contributed by atoms with Crippen molar-refractivity contribution in [2.45, 2.75) is 20.3 Å². The largest absolute Gasteiger partial charge is 0.324 e. The Labute approximate surface area is 123 Å². The Morgan fingerprint density at radius 3 is 2.47 bits per heavy atom. The van der Waals surface area contributed by atoms with E-state index in [9.17, 15) is 4.79 Å². The molecule has 0 saturated carbocycles. The van der Waals surface area contributed by atoms with Crippen LogP contribution >= 0.6 is 23.2 Å². The zero-order valence-electron chi connectivity index (χ0n) is 11.1. The molecule has 2 atom stereocenters. The van der Waals surface area contributed by atoms with Crippen molar-refractivity contribution in [3.63, 3.8) is 0 Å². The molecule has 1 heterocycles. The number of nitrogens with zero attached hydrogens (tertiary/aromatic N) is 1. The molecule has 0 aromatic heterocycles. The minimum Gasteiger partial charge on any atom is -0.324 e. The lowest BCUT2D eigenvalue weighted by Crippen LogP contribution is -2.44. The number of halogens is 2. The highest BCUT2D eigenvalue weighted by atomic mass is 35.5. The molecule has 2 rings (SSSR count). The fourth-order valence-electron chi connectivity index (χ4n) is 2.61. The molecule has 2 amide bonds. The maximum absolute atomic E-state index is 12.2. The fraction of sp³-hybridized carbons (Fsp3) is 0.500. The third-order valence-corrected chi connectivity index (χ3v) is 3.88. The molecule has 1 saturated heterocycles. The number of hydrogen-bond acceptors (Lipinski definition) is 1. The summed E-state index contributed by atoms with van der Waals surface area (Å²) in [5, 5.41) is 3.86. The molecular weight excluding hydrogens is 283 g/mol. The molecule has 0 spiro atoms. The highest BCUT2D eigenvalue weighted by molar-refractivity contribution is 6.36. The summed E-state index contributed by atoms with van der Waals surface area (Å²) in [4.78, 5) is 14.1. The molecule has 5 heteroatoms. The van der Waals surface area contributed by atoms with Crippen LogP contribution in [-0.2, 0) is 0 Å². The maximum Gasteiger partial charge on any atom is 0.321 e. The van der Waals surface area contributed by atoms with E-state index >= 15 is 0 Å². The number of hydrogen-bond donors (Lipinski definition) is 1. The van der Waals surface area contributed by atoms with Crippen LogP contribution in [0.25, 0.3) is 0 Å². The van der Waals surface area contributed by atoms with Gasteiger partial charge in [0.25, 0.3) is 0 Å². The Balaban J connectivity index is 2.04. The first kappa shape index (κ1) is 14.5. The molecule has 0 radical (unpaired) electrons. The molecule has 19 heavy (non-hydrogen) atoms. The number of nitrogens with one attached hydrogen (secondary N) is 1. The zero-order chi connectivity index (χ0) is 14.0. The van der Waals surface area contributed by atoms with Gasteiger partial charge in [-0.1, -0.05) is 37.0 Å². The lowest BCUT2D eigenvalue weighted by molar-refractivity contribution is 0.156. The minimum atomic E-state index is -0.0948. The van der Waals surface area contributed by atoms with Crippen molar-refractivity contribution in [1.82, 2.24) is 4.90 Å². The number of carbonyl (C=O) groups is 1. The molecule has 3 nitrogen and oxygen atoms in total. The van der Waals surface area contributed by atoms with Crippen LogP contribution in [0.1, 0.15) is 20.3 Å². The van der Waals surface area contributed by atoms with E-state index in [4.69, 9.17) is 23.2 Å². The molecule has 1 aliphatic rings. The smallest absolute Gasteiger partial charge is 0.321 e. The second-order valence-electron chi connectivity index (χ2n) is 5.41. The van der Waals surface area contributed by atoms with Crippen molar-refractivity contribution in [1.29, 1.82) is 0 Å². The monoisotopic (exact) mass is 300 g/mol. The van der Waals surface area contributed by atoms with Crippen LogP contribution in [0, 0.1) is 11.8 Å². The topological polar surface area (TPSA) is 32.3 Å². The predicted molar refractivity (Wildman–Crippen MR) is 80.0 cm³/mol. The second-order valence-corrected chi connectivity index (χ2v) is 6.25. The van der Waals surface area contributed by atoms with E-state index in [0.29, 0.717) is 27.6 Å². The van der Waals surface area contributed by atoms with Gasteiger partial charge in [0.15, 0.2) is 0 Å². The van der Waals surface area contributed by atoms with Crippen molar-refractivity contribution in [3.05, 3.63) is 28.2 Å². The molecule has 1 fully saturated rings. The lowest BCUT2D eigenvalue weighted by Gasteiger charge is -2.35. The molecule has 1 aromatic rings. The molecule has 1 aromatic carbocycles. The minimum absolute atomic E-state index is 0.0948. The van der Waals surface area contributed by atoms with Crippen molar-refractivity contribution in [2.24, 2.45) is 11.8 Å². The summed E-state index contributed by atoms with van der Waals surface area (Å²) in [5.41, 5.74) is 0.599. The van der Waals surface area contributed by atoms with Gasteiger partial charge in [-0.25, -0.2) is 4.79 Å². The predicted octanol–water partition coefficient (Wildman–Crippen LogP) is 4.50. The third-order valence-electron chi connectivity index (χ3n) is 3.33. The SMILES string of the molecule is C[C@@H]1C[C@@H](C)CN(C(=O)Nc2ccc(Cl)cc2Cl)C1. The molecule has 1 aliphatic heterocycles. The van der Waals surface area contributed by atoms with Gasteiger partial charge in [-0.15, -0.1) is 0 Å². The Kier molecular flexibility index (Phi) is 4.58. The summed E-state index contributed by atoms with van der Waals surface area (Å²) < 4.78 is 0. The highest BCUT2D eigenvalue weighted by Gasteiger charge is 2.25. The van der Waals surface area contributed by atoms with Crippen molar-refractivity contribution >= 4 is 34.9 Å². The van der Waals surface area contributed by atoms with Crippen molar-refractivity contribution in [2.75, 3.05) is 18.4 Å². The van der Waals surface area contributed by atoms with Crippen LogP contribution in [-0.4, -0.2) is 24.0 Å². The van der Waals surface area contributed by atoms with Crippen LogP contribution in [0.2, 0.25) is 10.0 Å². The summed E-state index contributed by atoms with van der Waals surface area (Å²) in [6.07, 6.45) is 1.17. The summed E-state index contributed by atoms with van der Waals surface area (Å²) in [7, 11) is 0. The molecule has 0 bridgehead atoms. The van der Waals surface area contributed by atoms with Crippen LogP contribution in [0.5, 0.6) is 0 Å². The molecule has 0 aliphatic carbocycles. The van der Waals surface area contributed by atoms with Crippen LogP contribution in [0.15, 0.2) is 18.2 Å². The van der Waals surface area contributed by atoms with Gasteiger partial charge in [-0.3, -0.25) is 0 Å². The number of amides is 2. The third kappa shape index (κ3) is 3.77. The van der Waals surface area contributed by atoms with Crippen LogP contribution in [0.4, 0.5) is 10.5 Å². The Morgan fingerprint density at radius 2 is 1.89 bits per heavy atom. The van der Waals surface area contributed by atoms with Gasteiger partial charge in [-0.05, 0) is 36.5 Å². The number of rotatable bonds is 1. The first-order valence-corrected chi connectivity index (χ1v) is 7.22. The van der Waals surface area contributed by atoms with E-state index in [1.807, 2.05) is 4.90 Å². The number of likely N-dealkylation sites (tertiary alicyclic amines) is 1. The molecule has 104 valence electrons. The van der Waals surface area contributed by atoms with E-state index in [1.54, 1.807) is 18.2 Å². The standard InChI is InChI=1S/C14H18Cl2N2O/c1-9-5-10(2)8-18(7-9)14(19)17-13-4-3-11(15)6-12(13)16/h3-4,6,9-10H,5,7-8H2,1-2H3,(H,17,19)/t9-,10-/m1/s1. The van der Waals surface area contributed by atoms with Gasteiger partial charge < -0.3 is 10.2 Å². The average Bonchev–Trinajstić information content (AvgIpc) is 2.31. The Bertz CT molecular complexity index is 469. The molecule has 1 N–H and O–H groups in total. The van der Waals surface area contributed by atoms with Gasteiger partial charge in [0, 0.05) is 18.1 Å². The van der Waals surface area contributed by atoms with E-state index in [1.165, 1.54) is 6.42 Å². The van der Waals surface area contributed by atoms with E-state index < -0.39 is 0 Å².